The summed E-state index contributed by atoms with van der Waals surface area (Å²) in [5.74, 6) is -0.142. The lowest BCUT2D eigenvalue weighted by Gasteiger charge is -2.35. The number of halogens is 2. The first-order chi connectivity index (χ1) is 18.9. The van der Waals surface area contributed by atoms with E-state index >= 15 is 0 Å². The molecule has 0 aliphatic carbocycles. The number of allylic oxidation sites excluding steroid dienone is 1. The minimum atomic E-state index is -0.526. The largest absolute Gasteiger partial charge is 0.393 e. The lowest BCUT2D eigenvalue weighted by molar-refractivity contribution is 0.242. The van der Waals surface area contributed by atoms with Crippen molar-refractivity contribution in [2.45, 2.75) is 6.54 Å². The number of hydrogen-bond acceptors (Lipinski definition) is 8. The molecule has 3 aromatic heterocycles. The maximum Gasteiger partial charge on any atom is 0.164 e. The lowest BCUT2D eigenvalue weighted by atomic mass is 10.0. The van der Waals surface area contributed by atoms with E-state index in [1.54, 1.807) is 30.2 Å². The SMILES string of the molecule is CN/C=C(\C=N)c1cc(-c2ccc(N3CCN(Cc4c(F)cccc4F)CC3)nc2)c2c(C#N)c(N)nn2c1. The number of anilines is 2. The maximum atomic E-state index is 14.1. The average Bonchev–Trinajstić information content (AvgIpc) is 3.28. The molecule has 1 aliphatic heterocycles. The van der Waals surface area contributed by atoms with Crippen LogP contribution in [0.15, 0.2) is 55.0 Å². The van der Waals surface area contributed by atoms with Gasteiger partial charge in [-0.2, -0.15) is 5.26 Å². The number of nitrogens with two attached hydrogens (primary N) is 1. The van der Waals surface area contributed by atoms with Gasteiger partial charge in [-0.25, -0.2) is 18.3 Å². The van der Waals surface area contributed by atoms with Gasteiger partial charge in [0, 0.05) is 92.4 Å². The van der Waals surface area contributed by atoms with Crippen LogP contribution in [-0.2, 0) is 6.54 Å². The number of pyridine rings is 2. The minimum Gasteiger partial charge on any atom is -0.393 e. The molecule has 39 heavy (non-hydrogen) atoms. The minimum absolute atomic E-state index is 0.0926. The van der Waals surface area contributed by atoms with Crippen molar-refractivity contribution < 1.29 is 8.78 Å². The Balaban J connectivity index is 1.40. The van der Waals surface area contributed by atoms with E-state index in [-0.39, 0.29) is 23.5 Å². The van der Waals surface area contributed by atoms with Crippen LogP contribution in [0.3, 0.4) is 0 Å². The number of nitrogen functional groups attached to an aromatic ring is 1. The topological polar surface area (TPSA) is 122 Å². The predicted molar refractivity (Wildman–Crippen MR) is 147 cm³/mol. The van der Waals surface area contributed by atoms with E-state index in [4.69, 9.17) is 11.1 Å². The highest BCUT2D eigenvalue weighted by Crippen LogP contribution is 2.32. The summed E-state index contributed by atoms with van der Waals surface area (Å²) in [6.07, 6.45) is 6.42. The standard InChI is InChI=1S/C28H27F2N9/c1-34-14-20(12-31)19-11-21(27-22(13-32)28(33)36-39(27)16-19)18-5-6-26(35-15-18)38-9-7-37(8-10-38)17-23-24(29)3-2-4-25(23)30/h2-6,11-12,14-16,31,34H,7-10,17H2,1H3,(H2,33,36)/b20-14+,31-12?. The molecule has 198 valence electrons. The van der Waals surface area contributed by atoms with Crippen molar-refractivity contribution in [3.05, 3.63) is 83.3 Å². The number of aromatic nitrogens is 3. The number of benzene rings is 1. The quantitative estimate of drug-likeness (QED) is 0.314. The molecule has 0 bridgehead atoms. The molecule has 4 aromatic rings. The van der Waals surface area contributed by atoms with E-state index in [9.17, 15) is 14.0 Å². The van der Waals surface area contributed by atoms with Crippen LogP contribution in [0.2, 0.25) is 0 Å². The van der Waals surface area contributed by atoms with Crippen molar-refractivity contribution in [3.63, 3.8) is 0 Å². The molecule has 0 saturated carbocycles. The number of nitrogens with zero attached hydrogens (tertiary/aromatic N) is 6. The molecule has 4 heterocycles. The Bertz CT molecular complexity index is 1570. The molecule has 4 N–H and O–H groups in total. The second-order valence-electron chi connectivity index (χ2n) is 9.21. The van der Waals surface area contributed by atoms with Crippen LogP contribution in [-0.4, -0.2) is 58.9 Å². The highest BCUT2D eigenvalue weighted by molar-refractivity contribution is 6.09. The molecule has 1 saturated heterocycles. The summed E-state index contributed by atoms with van der Waals surface area (Å²) in [5.41, 5.74) is 9.80. The molecule has 9 nitrogen and oxygen atoms in total. The summed E-state index contributed by atoms with van der Waals surface area (Å²) < 4.78 is 29.7. The zero-order chi connectivity index (χ0) is 27.5. The lowest BCUT2D eigenvalue weighted by Crippen LogP contribution is -2.46. The fourth-order valence-electron chi connectivity index (χ4n) is 4.82. The Kier molecular flexibility index (Phi) is 7.21. The monoisotopic (exact) mass is 527 g/mol. The summed E-state index contributed by atoms with van der Waals surface area (Å²) in [6.45, 7) is 2.84. The van der Waals surface area contributed by atoms with Crippen LogP contribution in [0.25, 0.3) is 22.2 Å². The van der Waals surface area contributed by atoms with E-state index in [1.165, 1.54) is 24.4 Å². The first-order valence-electron chi connectivity index (χ1n) is 12.4. The Labute approximate surface area is 224 Å². The molecule has 0 atom stereocenters. The van der Waals surface area contributed by atoms with Crippen LogP contribution in [0.4, 0.5) is 20.4 Å². The zero-order valence-corrected chi connectivity index (χ0v) is 21.3. The van der Waals surface area contributed by atoms with Crippen LogP contribution < -0.4 is 16.0 Å². The third-order valence-electron chi connectivity index (χ3n) is 6.85. The van der Waals surface area contributed by atoms with E-state index < -0.39 is 11.6 Å². The Morgan fingerprint density at radius 2 is 1.92 bits per heavy atom. The van der Waals surface area contributed by atoms with E-state index in [0.717, 1.165) is 16.9 Å². The number of fused-ring (bicyclic) bond motifs is 1. The van der Waals surface area contributed by atoms with Gasteiger partial charge in [-0.1, -0.05) is 6.07 Å². The molecule has 0 unspecified atom stereocenters. The smallest absolute Gasteiger partial charge is 0.164 e. The number of rotatable bonds is 7. The van der Waals surface area contributed by atoms with E-state index in [2.05, 4.69) is 26.4 Å². The summed E-state index contributed by atoms with van der Waals surface area (Å²) in [4.78, 5) is 8.85. The molecule has 5 rings (SSSR count). The van der Waals surface area contributed by atoms with Gasteiger partial charge >= 0.3 is 0 Å². The normalized spacial score (nSPS) is 14.4. The first-order valence-corrected chi connectivity index (χ1v) is 12.4. The summed E-state index contributed by atoms with van der Waals surface area (Å²) in [7, 11) is 1.75. The van der Waals surface area contributed by atoms with E-state index in [0.29, 0.717) is 42.8 Å². The Morgan fingerprint density at radius 1 is 1.18 bits per heavy atom. The van der Waals surface area contributed by atoms with Gasteiger partial charge in [0.15, 0.2) is 5.82 Å². The fourth-order valence-corrected chi connectivity index (χ4v) is 4.82. The number of nitrogens with one attached hydrogen (secondary N) is 2. The van der Waals surface area contributed by atoms with Crippen molar-refractivity contribution in [3.8, 4) is 17.2 Å². The van der Waals surface area contributed by atoms with Gasteiger partial charge in [0.1, 0.15) is 29.1 Å². The molecule has 11 heteroatoms. The molecule has 1 aliphatic rings. The van der Waals surface area contributed by atoms with Crippen LogP contribution in [0, 0.1) is 28.4 Å². The number of piperazine rings is 1. The molecular weight excluding hydrogens is 500 g/mol. The van der Waals surface area contributed by atoms with Crippen LogP contribution in [0.5, 0.6) is 0 Å². The summed E-state index contributed by atoms with van der Waals surface area (Å²) in [6, 6.07) is 11.8. The maximum absolute atomic E-state index is 14.1. The van der Waals surface area contributed by atoms with Crippen molar-refractivity contribution in [1.29, 1.82) is 10.7 Å². The summed E-state index contributed by atoms with van der Waals surface area (Å²) >= 11 is 0. The van der Waals surface area contributed by atoms with E-state index in [1.807, 2.05) is 23.1 Å². The van der Waals surface area contributed by atoms with Crippen LogP contribution in [0.1, 0.15) is 16.7 Å². The number of hydrogen-bond donors (Lipinski definition) is 3. The highest BCUT2D eigenvalue weighted by Gasteiger charge is 2.22. The van der Waals surface area contributed by atoms with Crippen LogP contribution >= 0.6 is 0 Å². The third-order valence-corrected chi connectivity index (χ3v) is 6.85. The Morgan fingerprint density at radius 3 is 2.54 bits per heavy atom. The molecule has 0 spiro atoms. The van der Waals surface area contributed by atoms with Gasteiger partial charge in [-0.15, -0.1) is 5.10 Å². The van der Waals surface area contributed by atoms with Crippen molar-refractivity contribution >= 4 is 28.9 Å². The second-order valence-corrected chi connectivity index (χ2v) is 9.21. The van der Waals surface area contributed by atoms with Crippen molar-refractivity contribution in [2.75, 3.05) is 43.9 Å². The van der Waals surface area contributed by atoms with Gasteiger partial charge < -0.3 is 21.4 Å². The van der Waals surface area contributed by atoms with Gasteiger partial charge in [-0.3, -0.25) is 4.90 Å². The average molecular weight is 528 g/mol. The third kappa shape index (κ3) is 5.02. The van der Waals surface area contributed by atoms with Gasteiger partial charge in [0.2, 0.25) is 0 Å². The predicted octanol–water partition coefficient (Wildman–Crippen LogP) is 3.66. The molecule has 0 radical (unpaired) electrons. The van der Waals surface area contributed by atoms with Gasteiger partial charge in [0.25, 0.3) is 0 Å². The molecule has 1 aromatic carbocycles. The highest BCUT2D eigenvalue weighted by atomic mass is 19.1. The Hall–Kier alpha value is -4.82. The van der Waals surface area contributed by atoms with Gasteiger partial charge in [0.05, 0.1) is 5.52 Å². The second kappa shape index (κ2) is 10.9. The number of nitriles is 1. The molecular formula is C28H27F2N9. The fraction of sp³-hybridized carbons (Fsp3) is 0.214. The van der Waals surface area contributed by atoms with Crippen molar-refractivity contribution in [2.24, 2.45) is 0 Å². The molecule has 0 amide bonds. The summed E-state index contributed by atoms with van der Waals surface area (Å²) in [5, 5.41) is 24.8. The van der Waals surface area contributed by atoms with Gasteiger partial charge in [-0.05, 0) is 30.3 Å². The first kappa shape index (κ1) is 25.8. The zero-order valence-electron chi connectivity index (χ0n) is 21.3. The molecule has 1 fully saturated rings. The van der Waals surface area contributed by atoms with Crippen molar-refractivity contribution in [1.82, 2.24) is 24.8 Å².